The molecule has 0 unspecified atom stereocenters. The van der Waals surface area contributed by atoms with E-state index in [1.54, 1.807) is 17.8 Å². The Labute approximate surface area is 53.5 Å². The van der Waals surface area contributed by atoms with Crippen LogP contribution < -0.4 is 0 Å². The highest BCUT2D eigenvalue weighted by molar-refractivity contribution is 8.01. The van der Waals surface area contributed by atoms with E-state index in [-0.39, 0.29) is 0 Å². The largest absolute Gasteiger partial charge is 0.299 e. The maximum absolute atomic E-state index is 9.64. The fourth-order valence-corrected chi connectivity index (χ4v) is 0.481. The summed E-state index contributed by atoms with van der Waals surface area (Å²) in [6, 6.07) is 0. The van der Waals surface area contributed by atoms with Gasteiger partial charge in [-0.2, -0.15) is 0 Å². The number of hydrogen-bond donors (Lipinski definition) is 0. The molecule has 0 N–H and O–H groups in total. The standard InChI is InChI=1S/C6H8OS/c1-8-6-4-2-3-5-7/h2-6H,1H3/b3-2+,6-4-. The molecular formula is C6H8OS. The molecule has 0 amide bonds. The quantitative estimate of drug-likeness (QED) is 0.326. The third kappa shape index (κ3) is 5.50. The van der Waals surface area contributed by atoms with Crippen molar-refractivity contribution in [3.8, 4) is 0 Å². The molecule has 0 spiro atoms. The Balaban J connectivity index is 3.26. The van der Waals surface area contributed by atoms with Gasteiger partial charge >= 0.3 is 0 Å². The Morgan fingerprint density at radius 2 is 2.00 bits per heavy atom. The molecule has 0 aliphatic heterocycles. The monoisotopic (exact) mass is 128 g/mol. The second-order valence-corrected chi connectivity index (χ2v) is 1.83. The summed E-state index contributed by atoms with van der Waals surface area (Å²) in [6.45, 7) is 0. The SMILES string of the molecule is CS/C=C\C=C\C=O. The summed E-state index contributed by atoms with van der Waals surface area (Å²) in [6.07, 6.45) is 7.69. The second-order valence-electron chi connectivity index (χ2n) is 1.09. The van der Waals surface area contributed by atoms with Crippen molar-refractivity contribution in [2.24, 2.45) is 0 Å². The molecule has 0 saturated carbocycles. The van der Waals surface area contributed by atoms with Crippen LogP contribution in [0.2, 0.25) is 0 Å². The molecule has 0 aromatic heterocycles. The minimum absolute atomic E-state index is 0.755. The molecule has 0 heterocycles. The highest BCUT2D eigenvalue weighted by Crippen LogP contribution is 1.91. The average Bonchev–Trinajstić information content (AvgIpc) is 1.81. The van der Waals surface area contributed by atoms with Gasteiger partial charge in [0.05, 0.1) is 0 Å². The zero-order valence-electron chi connectivity index (χ0n) is 4.70. The Hall–Kier alpha value is -0.500. The van der Waals surface area contributed by atoms with Crippen LogP contribution in [0.3, 0.4) is 0 Å². The Morgan fingerprint density at radius 3 is 2.50 bits per heavy atom. The summed E-state index contributed by atoms with van der Waals surface area (Å²) in [4.78, 5) is 9.64. The van der Waals surface area contributed by atoms with Crippen molar-refractivity contribution in [1.29, 1.82) is 0 Å². The molecule has 0 fully saturated rings. The van der Waals surface area contributed by atoms with Gasteiger partial charge in [-0.1, -0.05) is 12.2 Å². The number of carbonyl (C=O) groups excluding carboxylic acids is 1. The molecule has 0 atom stereocenters. The number of carbonyl (C=O) groups is 1. The van der Waals surface area contributed by atoms with E-state index in [1.807, 2.05) is 17.7 Å². The van der Waals surface area contributed by atoms with Crippen molar-refractivity contribution in [1.82, 2.24) is 0 Å². The third-order valence-corrected chi connectivity index (χ3v) is 0.945. The lowest BCUT2D eigenvalue weighted by Gasteiger charge is -1.70. The molecule has 0 bridgehead atoms. The molecule has 0 aliphatic carbocycles. The highest BCUT2D eigenvalue weighted by atomic mass is 32.2. The van der Waals surface area contributed by atoms with Gasteiger partial charge in [0.25, 0.3) is 0 Å². The topological polar surface area (TPSA) is 17.1 Å². The smallest absolute Gasteiger partial charge is 0.142 e. The van der Waals surface area contributed by atoms with E-state index in [4.69, 9.17) is 0 Å². The Morgan fingerprint density at radius 1 is 1.25 bits per heavy atom. The first kappa shape index (κ1) is 7.50. The van der Waals surface area contributed by atoms with Gasteiger partial charge in [0, 0.05) is 0 Å². The minimum atomic E-state index is 0.755. The predicted molar refractivity (Wildman–Crippen MR) is 37.9 cm³/mol. The van der Waals surface area contributed by atoms with Crippen LogP contribution in [-0.4, -0.2) is 12.5 Å². The zero-order valence-corrected chi connectivity index (χ0v) is 5.52. The first-order valence-corrected chi connectivity index (χ1v) is 3.50. The Bertz CT molecular complexity index is 105. The lowest BCUT2D eigenvalue weighted by atomic mass is 10.5. The van der Waals surface area contributed by atoms with Crippen LogP contribution in [0.1, 0.15) is 0 Å². The predicted octanol–water partition coefficient (Wildman–Crippen LogP) is 1.62. The fraction of sp³-hybridized carbons (Fsp3) is 0.167. The fourth-order valence-electron chi connectivity index (χ4n) is 0.233. The van der Waals surface area contributed by atoms with Gasteiger partial charge in [-0.05, 0) is 17.7 Å². The molecule has 1 nitrogen and oxygen atoms in total. The molecule has 0 rings (SSSR count). The summed E-state index contributed by atoms with van der Waals surface area (Å²) < 4.78 is 0. The number of hydrogen-bond acceptors (Lipinski definition) is 2. The molecule has 0 saturated heterocycles. The van der Waals surface area contributed by atoms with E-state index in [1.165, 1.54) is 6.08 Å². The molecule has 8 heavy (non-hydrogen) atoms. The number of aldehydes is 1. The van der Waals surface area contributed by atoms with Crippen molar-refractivity contribution in [3.63, 3.8) is 0 Å². The molecule has 0 aromatic carbocycles. The molecule has 2 heteroatoms. The van der Waals surface area contributed by atoms with Crippen molar-refractivity contribution in [2.45, 2.75) is 0 Å². The zero-order chi connectivity index (χ0) is 6.24. The van der Waals surface area contributed by atoms with Crippen LogP contribution in [0.5, 0.6) is 0 Å². The van der Waals surface area contributed by atoms with Gasteiger partial charge in [-0.15, -0.1) is 11.8 Å². The van der Waals surface area contributed by atoms with Crippen LogP contribution >= 0.6 is 11.8 Å². The van der Waals surface area contributed by atoms with Gasteiger partial charge in [-0.25, -0.2) is 0 Å². The van der Waals surface area contributed by atoms with Gasteiger partial charge in [-0.3, -0.25) is 4.79 Å². The van der Waals surface area contributed by atoms with Crippen LogP contribution in [0.4, 0.5) is 0 Å². The lowest BCUT2D eigenvalue weighted by Crippen LogP contribution is -1.54. The van der Waals surface area contributed by atoms with Gasteiger partial charge in [0.15, 0.2) is 0 Å². The Kier molecular flexibility index (Phi) is 6.09. The maximum atomic E-state index is 9.64. The van der Waals surface area contributed by atoms with Crippen molar-refractivity contribution in [2.75, 3.05) is 6.26 Å². The van der Waals surface area contributed by atoms with E-state index < -0.39 is 0 Å². The van der Waals surface area contributed by atoms with Gasteiger partial charge in [0.1, 0.15) is 6.29 Å². The number of allylic oxidation sites excluding steroid dienone is 3. The summed E-state index contributed by atoms with van der Waals surface area (Å²) in [5.41, 5.74) is 0. The van der Waals surface area contributed by atoms with E-state index in [0.717, 1.165) is 6.29 Å². The summed E-state index contributed by atoms with van der Waals surface area (Å²) in [7, 11) is 0. The number of thioether (sulfide) groups is 1. The molecule has 0 aliphatic rings. The molecular weight excluding hydrogens is 120 g/mol. The van der Waals surface area contributed by atoms with E-state index in [0.29, 0.717) is 0 Å². The average molecular weight is 128 g/mol. The van der Waals surface area contributed by atoms with Crippen molar-refractivity contribution in [3.05, 3.63) is 23.6 Å². The lowest BCUT2D eigenvalue weighted by molar-refractivity contribution is -0.104. The highest BCUT2D eigenvalue weighted by Gasteiger charge is 1.61. The number of rotatable bonds is 3. The summed E-state index contributed by atoms with van der Waals surface area (Å²) in [5, 5.41) is 1.90. The third-order valence-electron chi connectivity index (χ3n) is 0.515. The van der Waals surface area contributed by atoms with Crippen molar-refractivity contribution < 1.29 is 4.79 Å². The van der Waals surface area contributed by atoms with E-state index in [2.05, 4.69) is 0 Å². The summed E-state index contributed by atoms with van der Waals surface area (Å²) >= 11 is 1.60. The second kappa shape index (κ2) is 6.50. The van der Waals surface area contributed by atoms with Gasteiger partial charge < -0.3 is 0 Å². The molecule has 44 valence electrons. The van der Waals surface area contributed by atoms with E-state index in [9.17, 15) is 4.79 Å². The first-order chi connectivity index (χ1) is 3.91. The van der Waals surface area contributed by atoms with Crippen molar-refractivity contribution >= 4 is 18.0 Å². The van der Waals surface area contributed by atoms with Crippen LogP contribution in [0, 0.1) is 0 Å². The first-order valence-electron chi connectivity index (χ1n) is 2.21. The van der Waals surface area contributed by atoms with Gasteiger partial charge in [0.2, 0.25) is 0 Å². The molecule has 0 aromatic rings. The van der Waals surface area contributed by atoms with Crippen LogP contribution in [0.25, 0.3) is 0 Å². The van der Waals surface area contributed by atoms with Crippen LogP contribution in [0.15, 0.2) is 23.6 Å². The minimum Gasteiger partial charge on any atom is -0.299 e. The van der Waals surface area contributed by atoms with Crippen LogP contribution in [-0.2, 0) is 4.79 Å². The maximum Gasteiger partial charge on any atom is 0.142 e. The normalized spacial score (nSPS) is 11.1. The van der Waals surface area contributed by atoms with E-state index >= 15 is 0 Å². The summed E-state index contributed by atoms with van der Waals surface area (Å²) in [5.74, 6) is 0. The molecule has 0 radical (unpaired) electrons.